The molecule has 0 fully saturated rings. The molecule has 2 N–H and O–H groups in total. The lowest BCUT2D eigenvalue weighted by Gasteiger charge is -2.09. The van der Waals surface area contributed by atoms with E-state index in [1.807, 2.05) is 26.8 Å². The third kappa shape index (κ3) is 3.69. The van der Waals surface area contributed by atoms with Gasteiger partial charge in [0.05, 0.1) is 12.0 Å². The van der Waals surface area contributed by atoms with Crippen LogP contribution < -0.4 is 9.46 Å². The van der Waals surface area contributed by atoms with Gasteiger partial charge in [-0.1, -0.05) is 0 Å². The number of nitrogens with one attached hydrogen (secondary N) is 2. The van der Waals surface area contributed by atoms with Gasteiger partial charge < -0.3 is 9.72 Å². The van der Waals surface area contributed by atoms with Gasteiger partial charge in [0.1, 0.15) is 5.75 Å². The van der Waals surface area contributed by atoms with Crippen molar-refractivity contribution in [1.29, 1.82) is 0 Å². The molecule has 0 aliphatic carbocycles. The second kappa shape index (κ2) is 6.54. The highest BCUT2D eigenvalue weighted by molar-refractivity contribution is 7.89. The predicted molar refractivity (Wildman–Crippen MR) is 86.9 cm³/mol. The third-order valence-corrected chi connectivity index (χ3v) is 5.08. The van der Waals surface area contributed by atoms with Crippen LogP contribution in [0.3, 0.4) is 0 Å². The fourth-order valence-electron chi connectivity index (χ4n) is 2.46. The SMILES string of the molecule is COc1ccc(S(=O)(=O)NCCc2cc(C)[nH]c2C)cc1C. The van der Waals surface area contributed by atoms with Crippen molar-refractivity contribution in [2.24, 2.45) is 0 Å². The van der Waals surface area contributed by atoms with E-state index in [9.17, 15) is 8.42 Å². The van der Waals surface area contributed by atoms with E-state index >= 15 is 0 Å². The van der Waals surface area contributed by atoms with Gasteiger partial charge in [-0.3, -0.25) is 0 Å². The maximum Gasteiger partial charge on any atom is 0.240 e. The first kappa shape index (κ1) is 16.6. The Bertz CT molecular complexity index is 764. The number of rotatable bonds is 6. The molecule has 2 aromatic rings. The number of benzene rings is 1. The second-order valence-electron chi connectivity index (χ2n) is 5.38. The van der Waals surface area contributed by atoms with Gasteiger partial charge in [0.2, 0.25) is 10.0 Å². The summed E-state index contributed by atoms with van der Waals surface area (Å²) in [4.78, 5) is 3.47. The molecule has 0 saturated heterocycles. The summed E-state index contributed by atoms with van der Waals surface area (Å²) in [6, 6.07) is 6.89. The Balaban J connectivity index is 2.05. The van der Waals surface area contributed by atoms with Crippen molar-refractivity contribution in [3.05, 3.63) is 46.8 Å². The first-order chi connectivity index (χ1) is 10.3. The molecule has 5 nitrogen and oxygen atoms in total. The number of hydrogen-bond acceptors (Lipinski definition) is 3. The Morgan fingerprint density at radius 1 is 1.18 bits per heavy atom. The lowest BCUT2D eigenvalue weighted by molar-refractivity contribution is 0.411. The standard InChI is InChI=1S/C16H22N2O3S/c1-11-9-15(5-6-16(11)21-4)22(19,20)17-8-7-14-10-12(2)18-13(14)3/h5-6,9-10,17-18H,7-8H2,1-4H3. The molecular weight excluding hydrogens is 300 g/mol. The van der Waals surface area contributed by atoms with E-state index in [2.05, 4.69) is 9.71 Å². The zero-order valence-corrected chi connectivity index (χ0v) is 14.2. The highest BCUT2D eigenvalue weighted by atomic mass is 32.2. The molecule has 6 heteroatoms. The van der Waals surface area contributed by atoms with E-state index in [1.165, 1.54) is 0 Å². The van der Waals surface area contributed by atoms with E-state index in [0.29, 0.717) is 18.7 Å². The topological polar surface area (TPSA) is 71.2 Å². The highest BCUT2D eigenvalue weighted by Crippen LogP contribution is 2.21. The van der Waals surface area contributed by atoms with Crippen molar-refractivity contribution < 1.29 is 13.2 Å². The molecule has 1 heterocycles. The highest BCUT2D eigenvalue weighted by Gasteiger charge is 2.15. The smallest absolute Gasteiger partial charge is 0.240 e. The molecule has 1 aromatic carbocycles. The van der Waals surface area contributed by atoms with Crippen LogP contribution in [0.5, 0.6) is 5.75 Å². The van der Waals surface area contributed by atoms with Crippen molar-refractivity contribution in [1.82, 2.24) is 9.71 Å². The lowest BCUT2D eigenvalue weighted by atomic mass is 10.2. The van der Waals surface area contributed by atoms with Crippen LogP contribution in [0.2, 0.25) is 0 Å². The number of aryl methyl sites for hydroxylation is 3. The summed E-state index contributed by atoms with van der Waals surface area (Å²) < 4.78 is 32.4. The van der Waals surface area contributed by atoms with Gasteiger partial charge in [-0.05, 0) is 62.6 Å². The van der Waals surface area contributed by atoms with Gasteiger partial charge >= 0.3 is 0 Å². The predicted octanol–water partition coefficient (Wildman–Crippen LogP) is 2.47. The Morgan fingerprint density at radius 3 is 2.45 bits per heavy atom. The van der Waals surface area contributed by atoms with Gasteiger partial charge in [-0.2, -0.15) is 0 Å². The summed E-state index contributed by atoms with van der Waals surface area (Å²) in [7, 11) is -1.93. The monoisotopic (exact) mass is 322 g/mol. The molecular formula is C16H22N2O3S. The van der Waals surface area contributed by atoms with Crippen LogP contribution in [0.4, 0.5) is 0 Å². The van der Waals surface area contributed by atoms with Crippen LogP contribution >= 0.6 is 0 Å². The Morgan fingerprint density at radius 2 is 1.91 bits per heavy atom. The average Bonchev–Trinajstić information content (AvgIpc) is 2.76. The van der Waals surface area contributed by atoms with E-state index in [4.69, 9.17) is 4.74 Å². The first-order valence-corrected chi connectivity index (χ1v) is 8.61. The van der Waals surface area contributed by atoms with Crippen molar-refractivity contribution in [3.63, 3.8) is 0 Å². The molecule has 1 aromatic heterocycles. The number of aromatic nitrogens is 1. The minimum atomic E-state index is -3.50. The van der Waals surface area contributed by atoms with Crippen LogP contribution in [0, 0.1) is 20.8 Å². The van der Waals surface area contributed by atoms with Crippen LogP contribution in [-0.2, 0) is 16.4 Å². The summed E-state index contributed by atoms with van der Waals surface area (Å²) in [5.41, 5.74) is 4.09. The molecule has 0 atom stereocenters. The Kier molecular flexibility index (Phi) is 4.93. The molecule has 0 amide bonds. The molecule has 0 spiro atoms. The number of hydrogen-bond donors (Lipinski definition) is 2. The van der Waals surface area contributed by atoms with Gasteiger partial charge in [-0.25, -0.2) is 13.1 Å². The Labute approximate surface area is 131 Å². The molecule has 0 aliphatic rings. The van der Waals surface area contributed by atoms with Gasteiger partial charge in [0, 0.05) is 17.9 Å². The molecule has 120 valence electrons. The molecule has 2 rings (SSSR count). The molecule has 22 heavy (non-hydrogen) atoms. The first-order valence-electron chi connectivity index (χ1n) is 7.13. The van der Waals surface area contributed by atoms with E-state index in [1.54, 1.807) is 25.3 Å². The van der Waals surface area contributed by atoms with Gasteiger partial charge in [0.25, 0.3) is 0 Å². The summed E-state index contributed by atoms with van der Waals surface area (Å²) in [6.07, 6.45) is 0.657. The fourth-order valence-corrected chi connectivity index (χ4v) is 3.58. The normalized spacial score (nSPS) is 11.6. The average molecular weight is 322 g/mol. The number of H-pyrrole nitrogens is 1. The van der Waals surface area contributed by atoms with E-state index < -0.39 is 10.0 Å². The zero-order valence-electron chi connectivity index (χ0n) is 13.4. The van der Waals surface area contributed by atoms with E-state index in [0.717, 1.165) is 22.5 Å². The second-order valence-corrected chi connectivity index (χ2v) is 7.15. The number of sulfonamides is 1. The summed E-state index contributed by atoms with van der Waals surface area (Å²) in [6.45, 7) is 6.17. The molecule has 0 saturated carbocycles. The lowest BCUT2D eigenvalue weighted by Crippen LogP contribution is -2.26. The van der Waals surface area contributed by atoms with Crippen molar-refractivity contribution in [2.75, 3.05) is 13.7 Å². The molecule has 0 unspecified atom stereocenters. The number of aromatic amines is 1. The quantitative estimate of drug-likeness (QED) is 0.858. The Hall–Kier alpha value is -1.79. The van der Waals surface area contributed by atoms with Crippen LogP contribution in [-0.4, -0.2) is 27.1 Å². The summed E-state index contributed by atoms with van der Waals surface area (Å²) in [5, 5.41) is 0. The van der Waals surface area contributed by atoms with Crippen LogP contribution in [0.15, 0.2) is 29.2 Å². The maximum atomic E-state index is 12.3. The van der Waals surface area contributed by atoms with Crippen molar-refractivity contribution >= 4 is 10.0 Å². The number of ether oxygens (including phenoxy) is 1. The fraction of sp³-hybridized carbons (Fsp3) is 0.375. The largest absolute Gasteiger partial charge is 0.496 e. The van der Waals surface area contributed by atoms with Crippen molar-refractivity contribution in [3.8, 4) is 5.75 Å². The summed E-state index contributed by atoms with van der Waals surface area (Å²) >= 11 is 0. The minimum Gasteiger partial charge on any atom is -0.496 e. The third-order valence-electron chi connectivity index (χ3n) is 3.62. The molecule has 0 radical (unpaired) electrons. The van der Waals surface area contributed by atoms with E-state index in [-0.39, 0.29) is 4.90 Å². The van der Waals surface area contributed by atoms with Crippen LogP contribution in [0.25, 0.3) is 0 Å². The molecule has 0 aliphatic heterocycles. The number of methoxy groups -OCH3 is 1. The molecule has 0 bridgehead atoms. The summed E-state index contributed by atoms with van der Waals surface area (Å²) in [5.74, 6) is 0.678. The van der Waals surface area contributed by atoms with Crippen molar-refractivity contribution in [2.45, 2.75) is 32.1 Å². The van der Waals surface area contributed by atoms with Crippen LogP contribution in [0.1, 0.15) is 22.5 Å². The van der Waals surface area contributed by atoms with Gasteiger partial charge in [0.15, 0.2) is 0 Å². The van der Waals surface area contributed by atoms with Gasteiger partial charge in [-0.15, -0.1) is 0 Å². The zero-order chi connectivity index (χ0) is 16.3. The maximum absolute atomic E-state index is 12.3. The minimum absolute atomic E-state index is 0.257.